The van der Waals surface area contributed by atoms with Crippen molar-refractivity contribution in [3.63, 3.8) is 0 Å². The quantitative estimate of drug-likeness (QED) is 0.624. The lowest BCUT2D eigenvalue weighted by Gasteiger charge is -2.71. The first-order valence-electron chi connectivity index (χ1n) is 7.89. The molecule has 0 unspecified atom stereocenters. The molecule has 4 nitrogen and oxygen atoms in total. The number of alkyl halides is 1. The van der Waals surface area contributed by atoms with Crippen molar-refractivity contribution in [1.29, 1.82) is 0 Å². The van der Waals surface area contributed by atoms with Crippen molar-refractivity contribution in [2.45, 2.75) is 22.8 Å². The number of hydrogen-bond donors (Lipinski definition) is 0. The molecule has 8 aliphatic rings. The Hall–Kier alpha value is 0.320. The smallest absolute Gasteiger partial charge is 0.187 e. The van der Waals surface area contributed by atoms with Gasteiger partial charge in [-0.1, -0.05) is 22.9 Å². The van der Waals surface area contributed by atoms with E-state index in [1.54, 1.807) is 0 Å². The van der Waals surface area contributed by atoms with E-state index in [4.69, 9.17) is 18.9 Å². The summed E-state index contributed by atoms with van der Waals surface area (Å²) in [4.78, 5) is 0. The van der Waals surface area contributed by atoms with E-state index in [1.807, 2.05) is 0 Å². The van der Waals surface area contributed by atoms with E-state index in [0.717, 1.165) is 32.3 Å². The molecule has 0 N–H and O–H groups in total. The SMILES string of the molecule is C[C@@]12[C@@H]3[C@H]4[C@@H]([C@@H]5[C@@H]1[C@H]3[C@@]5(Br)C41OCCO1)C21OCCO1. The molecule has 5 heteroatoms. The van der Waals surface area contributed by atoms with Crippen LogP contribution in [0.25, 0.3) is 0 Å². The standard InChI is InChI=1S/C15H17BrO4/c1-12-6-8-7(12)10-11(14(12)17-2-3-18-14)9(6)13(8,16)15(10)19-4-5-20-15/h6-11H,2-5H2,1H3/t6-,7-,8+,9-,10-,11+,12-,13-/m0/s1. The fourth-order valence-electron chi connectivity index (χ4n) is 8.35. The molecule has 20 heavy (non-hydrogen) atoms. The molecule has 2 spiro atoms. The Kier molecular flexibility index (Phi) is 1.40. The minimum atomic E-state index is -0.384. The van der Waals surface area contributed by atoms with Gasteiger partial charge in [-0.3, -0.25) is 0 Å². The molecular weight excluding hydrogens is 324 g/mol. The van der Waals surface area contributed by atoms with Crippen molar-refractivity contribution in [2.75, 3.05) is 26.4 Å². The van der Waals surface area contributed by atoms with Crippen molar-refractivity contribution in [3.05, 3.63) is 0 Å². The van der Waals surface area contributed by atoms with Crippen molar-refractivity contribution in [1.82, 2.24) is 0 Å². The molecule has 8 atom stereocenters. The summed E-state index contributed by atoms with van der Waals surface area (Å²) in [7, 11) is 0. The summed E-state index contributed by atoms with van der Waals surface area (Å²) in [5.74, 6) is 2.94. The van der Waals surface area contributed by atoms with Crippen LogP contribution in [0.15, 0.2) is 0 Å². The maximum atomic E-state index is 6.28. The fourth-order valence-corrected chi connectivity index (χ4v) is 9.98. The Balaban J connectivity index is 1.53. The number of ether oxygens (including phenoxy) is 4. The largest absolute Gasteiger partial charge is 0.347 e. The van der Waals surface area contributed by atoms with Gasteiger partial charge >= 0.3 is 0 Å². The molecule has 6 aliphatic carbocycles. The zero-order valence-electron chi connectivity index (χ0n) is 11.3. The van der Waals surface area contributed by atoms with Crippen molar-refractivity contribution < 1.29 is 18.9 Å². The van der Waals surface area contributed by atoms with E-state index < -0.39 is 0 Å². The summed E-state index contributed by atoms with van der Waals surface area (Å²) in [6.07, 6.45) is 0. The van der Waals surface area contributed by atoms with Crippen LogP contribution >= 0.6 is 15.9 Å². The van der Waals surface area contributed by atoms with Crippen LogP contribution in [0.1, 0.15) is 6.92 Å². The molecule has 0 aromatic heterocycles. The van der Waals surface area contributed by atoms with E-state index in [9.17, 15) is 0 Å². The van der Waals surface area contributed by atoms with E-state index >= 15 is 0 Å². The van der Waals surface area contributed by atoms with Crippen LogP contribution in [0.5, 0.6) is 0 Å². The highest BCUT2D eigenvalue weighted by molar-refractivity contribution is 9.10. The molecule has 0 aromatic carbocycles. The van der Waals surface area contributed by atoms with Gasteiger partial charge in [0.15, 0.2) is 11.6 Å². The van der Waals surface area contributed by atoms with Crippen molar-refractivity contribution in [3.8, 4) is 0 Å². The molecule has 8 fully saturated rings. The van der Waals surface area contributed by atoms with Crippen LogP contribution in [0, 0.1) is 40.9 Å². The Morgan fingerprint density at radius 1 is 0.700 bits per heavy atom. The second kappa shape index (κ2) is 2.56. The molecule has 0 aromatic rings. The lowest BCUT2D eigenvalue weighted by atomic mass is 9.35. The van der Waals surface area contributed by atoms with Gasteiger partial charge in [-0.2, -0.15) is 0 Å². The third-order valence-electron chi connectivity index (χ3n) is 8.27. The maximum Gasteiger partial charge on any atom is 0.187 e. The first-order chi connectivity index (χ1) is 9.65. The molecule has 108 valence electrons. The molecule has 8 rings (SSSR count). The topological polar surface area (TPSA) is 36.9 Å². The zero-order chi connectivity index (χ0) is 13.1. The summed E-state index contributed by atoms with van der Waals surface area (Å²) in [6, 6.07) is 0. The van der Waals surface area contributed by atoms with Gasteiger partial charge in [-0.25, -0.2) is 0 Å². The lowest BCUT2D eigenvalue weighted by Crippen LogP contribution is -2.74. The van der Waals surface area contributed by atoms with Crippen LogP contribution < -0.4 is 0 Å². The van der Waals surface area contributed by atoms with E-state index in [1.165, 1.54) is 0 Å². The Labute approximate surface area is 125 Å². The predicted molar refractivity (Wildman–Crippen MR) is 70.0 cm³/mol. The first-order valence-corrected chi connectivity index (χ1v) is 8.69. The fraction of sp³-hybridized carbons (Fsp3) is 1.00. The highest BCUT2D eigenvalue weighted by Gasteiger charge is 3.07. The summed E-state index contributed by atoms with van der Waals surface area (Å²) in [6.45, 7) is 5.38. The van der Waals surface area contributed by atoms with Crippen molar-refractivity contribution >= 4 is 15.9 Å². The Morgan fingerprint density at radius 3 is 1.75 bits per heavy atom. The Bertz CT molecular complexity index is 518. The molecule has 4 bridgehead atoms. The van der Waals surface area contributed by atoms with Gasteiger partial charge in [0.25, 0.3) is 0 Å². The summed E-state index contributed by atoms with van der Waals surface area (Å²) >= 11 is 4.12. The minimum Gasteiger partial charge on any atom is -0.347 e. The highest BCUT2D eigenvalue weighted by atomic mass is 79.9. The van der Waals surface area contributed by atoms with Crippen LogP contribution in [0.2, 0.25) is 0 Å². The molecule has 0 amide bonds. The van der Waals surface area contributed by atoms with Crippen LogP contribution in [-0.2, 0) is 18.9 Å². The average Bonchev–Trinajstić information content (AvgIpc) is 3.19. The molecule has 2 heterocycles. The molecule has 0 radical (unpaired) electrons. The van der Waals surface area contributed by atoms with Gasteiger partial charge in [0.05, 0.1) is 30.8 Å². The summed E-state index contributed by atoms with van der Waals surface area (Å²) in [5.41, 5.74) is 0.199. The number of hydrogen-bond acceptors (Lipinski definition) is 4. The third-order valence-corrected chi connectivity index (χ3v) is 9.88. The van der Waals surface area contributed by atoms with Gasteiger partial charge in [0.2, 0.25) is 0 Å². The number of halogens is 1. The molecule has 6 saturated carbocycles. The first kappa shape index (κ1) is 10.9. The highest BCUT2D eigenvalue weighted by Crippen LogP contribution is 3.00. The van der Waals surface area contributed by atoms with Crippen LogP contribution in [-0.4, -0.2) is 42.3 Å². The van der Waals surface area contributed by atoms with Gasteiger partial charge in [0.1, 0.15) is 0 Å². The second-order valence-corrected chi connectivity index (χ2v) is 9.25. The number of rotatable bonds is 0. The lowest BCUT2D eigenvalue weighted by molar-refractivity contribution is -0.289. The molecule has 2 saturated heterocycles. The van der Waals surface area contributed by atoms with E-state index in [2.05, 4.69) is 22.9 Å². The molecular formula is C15H17BrO4. The zero-order valence-corrected chi connectivity index (χ0v) is 12.9. The Morgan fingerprint density at radius 2 is 1.15 bits per heavy atom. The van der Waals surface area contributed by atoms with Gasteiger partial charge in [-0.15, -0.1) is 0 Å². The van der Waals surface area contributed by atoms with Crippen molar-refractivity contribution in [2.24, 2.45) is 40.9 Å². The van der Waals surface area contributed by atoms with Crippen LogP contribution in [0.3, 0.4) is 0 Å². The monoisotopic (exact) mass is 340 g/mol. The van der Waals surface area contributed by atoms with E-state index in [0.29, 0.717) is 29.6 Å². The average molecular weight is 341 g/mol. The predicted octanol–water partition coefficient (Wildman–Crippen LogP) is 1.38. The molecule has 2 aliphatic heterocycles. The maximum absolute atomic E-state index is 6.28. The van der Waals surface area contributed by atoms with Gasteiger partial charge in [-0.05, 0) is 23.7 Å². The van der Waals surface area contributed by atoms with Gasteiger partial charge < -0.3 is 18.9 Å². The normalized spacial score (nSPS) is 71.1. The summed E-state index contributed by atoms with van der Waals surface area (Å²) < 4.78 is 25.1. The van der Waals surface area contributed by atoms with Gasteiger partial charge in [0, 0.05) is 17.3 Å². The van der Waals surface area contributed by atoms with E-state index in [-0.39, 0.29) is 21.3 Å². The third kappa shape index (κ3) is 0.592. The summed E-state index contributed by atoms with van der Waals surface area (Å²) in [5, 5.41) is 0. The second-order valence-electron chi connectivity index (χ2n) is 7.93. The van der Waals surface area contributed by atoms with Crippen LogP contribution in [0.4, 0.5) is 0 Å². The minimum absolute atomic E-state index is 0.0412.